The predicted molar refractivity (Wildman–Crippen MR) is 141 cm³/mol. The van der Waals surface area contributed by atoms with Gasteiger partial charge in [-0.3, -0.25) is 9.13 Å². The van der Waals surface area contributed by atoms with Gasteiger partial charge < -0.3 is 15.8 Å². The first kappa shape index (κ1) is 22.8. The highest BCUT2D eigenvalue weighted by Gasteiger charge is 2.32. The number of benzene rings is 2. The lowest BCUT2D eigenvalue weighted by Gasteiger charge is -2.36. The number of nitrogens with two attached hydrogens (primary N) is 1. The maximum absolute atomic E-state index is 13.9. The normalized spacial score (nSPS) is 21.0. The minimum Gasteiger partial charge on any atom is -0.457 e. The Morgan fingerprint density at radius 2 is 1.50 bits per heavy atom. The number of imidazole rings is 1. The standard InChI is InChI=1S/C28H32N6O2/c29-26-25-27(32-18-31-26)34(22-8-6-19(7-9-22)20-14-16-30-17-15-20)28(35)33(25)21-10-12-24(13-11-21)36-23-4-2-1-3-5-23/h1-5,10-13,18-20,22,30H,6-9,14-17H2,(H2,29,31,32). The summed E-state index contributed by atoms with van der Waals surface area (Å²) < 4.78 is 9.44. The first-order chi connectivity index (χ1) is 17.7. The minimum absolute atomic E-state index is 0.112. The van der Waals surface area contributed by atoms with Crippen LogP contribution in [-0.4, -0.2) is 32.2 Å². The Hall–Kier alpha value is -3.65. The van der Waals surface area contributed by atoms with Gasteiger partial charge in [0, 0.05) is 6.04 Å². The van der Waals surface area contributed by atoms with E-state index in [1.165, 1.54) is 19.2 Å². The number of para-hydroxylation sites is 1. The van der Waals surface area contributed by atoms with E-state index < -0.39 is 0 Å². The molecule has 8 nitrogen and oxygen atoms in total. The van der Waals surface area contributed by atoms with E-state index in [4.69, 9.17) is 10.5 Å². The number of piperidine rings is 1. The number of nitrogens with one attached hydrogen (secondary N) is 1. The van der Waals surface area contributed by atoms with E-state index in [-0.39, 0.29) is 11.7 Å². The van der Waals surface area contributed by atoms with Crippen LogP contribution in [0, 0.1) is 11.8 Å². The number of hydrogen-bond donors (Lipinski definition) is 2. The number of aromatic nitrogens is 4. The van der Waals surface area contributed by atoms with E-state index in [1.54, 1.807) is 4.57 Å². The number of fused-ring (bicyclic) bond motifs is 1. The first-order valence-corrected chi connectivity index (χ1v) is 13.0. The van der Waals surface area contributed by atoms with Crippen LogP contribution in [0.5, 0.6) is 11.5 Å². The highest BCUT2D eigenvalue weighted by molar-refractivity contribution is 5.84. The second-order valence-corrected chi connectivity index (χ2v) is 9.98. The van der Waals surface area contributed by atoms with Crippen molar-refractivity contribution >= 4 is 17.0 Å². The van der Waals surface area contributed by atoms with Gasteiger partial charge in [0.25, 0.3) is 0 Å². The minimum atomic E-state index is -0.112. The fraction of sp³-hybridized carbons (Fsp3) is 0.393. The second-order valence-electron chi connectivity index (χ2n) is 9.98. The third-order valence-electron chi connectivity index (χ3n) is 7.91. The molecule has 0 atom stereocenters. The lowest BCUT2D eigenvalue weighted by molar-refractivity contribution is 0.175. The molecule has 2 aromatic heterocycles. The average Bonchev–Trinajstić information content (AvgIpc) is 3.23. The van der Waals surface area contributed by atoms with Gasteiger partial charge in [0.1, 0.15) is 23.3 Å². The molecule has 2 aliphatic rings. The largest absolute Gasteiger partial charge is 0.457 e. The Morgan fingerprint density at radius 3 is 2.22 bits per heavy atom. The summed E-state index contributed by atoms with van der Waals surface area (Å²) >= 11 is 0. The summed E-state index contributed by atoms with van der Waals surface area (Å²) in [4.78, 5) is 22.6. The second kappa shape index (κ2) is 9.78. The van der Waals surface area contributed by atoms with Crippen molar-refractivity contribution < 1.29 is 4.74 Å². The highest BCUT2D eigenvalue weighted by Crippen LogP contribution is 2.39. The molecule has 0 amide bonds. The van der Waals surface area contributed by atoms with E-state index in [1.807, 2.05) is 59.2 Å². The summed E-state index contributed by atoms with van der Waals surface area (Å²) in [6.45, 7) is 2.26. The summed E-state index contributed by atoms with van der Waals surface area (Å²) in [6, 6.07) is 17.2. The van der Waals surface area contributed by atoms with E-state index in [0.29, 0.717) is 28.4 Å². The molecule has 36 heavy (non-hydrogen) atoms. The topological polar surface area (TPSA) is 100.0 Å². The van der Waals surface area contributed by atoms with Crippen LogP contribution in [0.4, 0.5) is 5.82 Å². The number of nitrogen functional groups attached to an aromatic ring is 1. The average molecular weight is 485 g/mol. The van der Waals surface area contributed by atoms with Crippen molar-refractivity contribution in [1.29, 1.82) is 0 Å². The Labute approximate surface area is 210 Å². The van der Waals surface area contributed by atoms with Gasteiger partial charge >= 0.3 is 5.69 Å². The fourth-order valence-corrected chi connectivity index (χ4v) is 6.07. The molecule has 186 valence electrons. The first-order valence-electron chi connectivity index (χ1n) is 13.0. The molecule has 0 bridgehead atoms. The van der Waals surface area contributed by atoms with E-state index in [9.17, 15) is 4.79 Å². The lowest BCUT2D eigenvalue weighted by Crippen LogP contribution is -2.35. The van der Waals surface area contributed by atoms with Crippen LogP contribution in [0.1, 0.15) is 44.6 Å². The summed E-state index contributed by atoms with van der Waals surface area (Å²) in [7, 11) is 0. The van der Waals surface area contributed by atoms with E-state index in [0.717, 1.165) is 56.4 Å². The SMILES string of the molecule is Nc1ncnc2c1n(-c1ccc(Oc3ccccc3)cc1)c(=O)n2C1CCC(C2CCNCC2)CC1. The zero-order valence-electron chi connectivity index (χ0n) is 20.3. The molecular formula is C28H32N6O2. The quantitative estimate of drug-likeness (QED) is 0.426. The molecule has 8 heteroatoms. The van der Waals surface area contributed by atoms with Crippen LogP contribution in [0.2, 0.25) is 0 Å². The van der Waals surface area contributed by atoms with Gasteiger partial charge in [-0.05, 0) is 99.8 Å². The van der Waals surface area contributed by atoms with Crippen LogP contribution in [0.3, 0.4) is 0 Å². The van der Waals surface area contributed by atoms with Crippen molar-refractivity contribution in [2.45, 2.75) is 44.6 Å². The maximum atomic E-state index is 13.9. The van der Waals surface area contributed by atoms with Gasteiger partial charge in [0.2, 0.25) is 0 Å². The van der Waals surface area contributed by atoms with Crippen molar-refractivity contribution in [1.82, 2.24) is 24.4 Å². The maximum Gasteiger partial charge on any atom is 0.335 e. The molecule has 1 saturated carbocycles. The van der Waals surface area contributed by atoms with Crippen LogP contribution in [-0.2, 0) is 0 Å². The van der Waals surface area contributed by atoms with Crippen LogP contribution in [0.15, 0.2) is 65.7 Å². The molecule has 3 heterocycles. The molecule has 0 radical (unpaired) electrons. The van der Waals surface area contributed by atoms with E-state index in [2.05, 4.69) is 15.3 Å². The van der Waals surface area contributed by atoms with Crippen molar-refractivity contribution in [2.75, 3.05) is 18.8 Å². The van der Waals surface area contributed by atoms with Crippen LogP contribution >= 0.6 is 0 Å². The predicted octanol–water partition coefficient (Wildman–Crippen LogP) is 4.69. The molecule has 1 saturated heterocycles. The Kier molecular flexibility index (Phi) is 6.19. The van der Waals surface area contributed by atoms with Gasteiger partial charge in [-0.1, -0.05) is 18.2 Å². The van der Waals surface area contributed by atoms with E-state index >= 15 is 0 Å². The van der Waals surface area contributed by atoms with Crippen LogP contribution in [0.25, 0.3) is 16.9 Å². The van der Waals surface area contributed by atoms with Crippen molar-refractivity contribution in [2.24, 2.45) is 11.8 Å². The molecule has 0 unspecified atom stereocenters. The van der Waals surface area contributed by atoms with Gasteiger partial charge in [-0.25, -0.2) is 14.8 Å². The third-order valence-corrected chi connectivity index (χ3v) is 7.91. The summed E-state index contributed by atoms with van der Waals surface area (Å²) in [5.41, 5.74) is 8.09. The smallest absolute Gasteiger partial charge is 0.335 e. The van der Waals surface area contributed by atoms with Gasteiger partial charge in [-0.15, -0.1) is 0 Å². The van der Waals surface area contributed by atoms with Crippen molar-refractivity contribution in [3.8, 4) is 17.2 Å². The Balaban J connectivity index is 1.30. The zero-order valence-corrected chi connectivity index (χ0v) is 20.3. The monoisotopic (exact) mass is 484 g/mol. The number of anilines is 1. The van der Waals surface area contributed by atoms with Crippen molar-refractivity contribution in [3.63, 3.8) is 0 Å². The lowest BCUT2D eigenvalue weighted by atomic mass is 9.75. The molecule has 1 aliphatic carbocycles. The molecule has 4 aromatic rings. The third kappa shape index (κ3) is 4.26. The zero-order chi connectivity index (χ0) is 24.5. The van der Waals surface area contributed by atoms with Crippen molar-refractivity contribution in [3.05, 3.63) is 71.4 Å². The number of rotatable bonds is 5. The number of nitrogens with zero attached hydrogens (tertiary/aromatic N) is 4. The fourth-order valence-electron chi connectivity index (χ4n) is 6.07. The molecule has 6 rings (SSSR count). The summed E-state index contributed by atoms with van der Waals surface area (Å²) in [5, 5.41) is 3.47. The molecular weight excluding hydrogens is 452 g/mol. The van der Waals surface area contributed by atoms with Gasteiger partial charge in [0.15, 0.2) is 11.5 Å². The molecule has 1 aliphatic heterocycles. The Morgan fingerprint density at radius 1 is 0.833 bits per heavy atom. The number of hydrogen-bond acceptors (Lipinski definition) is 6. The molecule has 2 aromatic carbocycles. The Bertz CT molecular complexity index is 1380. The summed E-state index contributed by atoms with van der Waals surface area (Å²) in [5.74, 6) is 3.33. The molecule has 3 N–H and O–H groups in total. The summed E-state index contributed by atoms with van der Waals surface area (Å²) in [6.07, 6.45) is 8.27. The van der Waals surface area contributed by atoms with Gasteiger partial charge in [0.05, 0.1) is 5.69 Å². The van der Waals surface area contributed by atoms with Crippen LogP contribution < -0.4 is 21.5 Å². The molecule has 2 fully saturated rings. The molecule has 0 spiro atoms. The van der Waals surface area contributed by atoms with Gasteiger partial charge in [-0.2, -0.15) is 0 Å². The highest BCUT2D eigenvalue weighted by atomic mass is 16.5. The number of ether oxygens (including phenoxy) is 1.